The number of rotatable bonds is 1. The van der Waals surface area contributed by atoms with Crippen LogP contribution in [0.25, 0.3) is 0 Å². The van der Waals surface area contributed by atoms with Gasteiger partial charge in [0.05, 0.1) is 5.41 Å². The molecule has 12 heavy (non-hydrogen) atoms. The highest BCUT2D eigenvalue weighted by Crippen LogP contribution is 2.48. The van der Waals surface area contributed by atoms with Gasteiger partial charge < -0.3 is 10.8 Å². The Morgan fingerprint density at radius 3 is 2.17 bits per heavy atom. The number of carboxylic acid groups (broad SMARTS) is 1. The molecule has 2 unspecified atom stereocenters. The molecular weight excluding hydrogens is 154 g/mol. The molecule has 3 nitrogen and oxygen atoms in total. The monoisotopic (exact) mass is 171 g/mol. The summed E-state index contributed by atoms with van der Waals surface area (Å²) in [5.74, 6) is -0.763. The molecule has 1 fully saturated rings. The normalized spacial score (nSPS) is 39.8. The molecule has 0 aromatic heterocycles. The number of nitrogens with two attached hydrogens (primary N) is 1. The van der Waals surface area contributed by atoms with E-state index in [9.17, 15) is 4.79 Å². The summed E-state index contributed by atoms with van der Waals surface area (Å²) >= 11 is 0. The maximum absolute atomic E-state index is 10.9. The first-order valence-electron chi connectivity index (χ1n) is 4.27. The lowest BCUT2D eigenvalue weighted by Gasteiger charge is -2.23. The van der Waals surface area contributed by atoms with E-state index >= 15 is 0 Å². The minimum absolute atomic E-state index is 0.0759. The van der Waals surface area contributed by atoms with Crippen molar-refractivity contribution < 1.29 is 9.90 Å². The number of carboxylic acids is 1. The Balaban J connectivity index is 2.89. The fourth-order valence-electron chi connectivity index (χ4n) is 2.25. The highest BCUT2D eigenvalue weighted by molar-refractivity contribution is 5.75. The molecule has 3 N–H and O–H groups in total. The average Bonchev–Trinajstić information content (AvgIpc) is 2.03. The lowest BCUT2D eigenvalue weighted by molar-refractivity contribution is -0.148. The molecule has 0 saturated heterocycles. The molecule has 0 amide bonds. The highest BCUT2D eigenvalue weighted by atomic mass is 16.4. The smallest absolute Gasteiger partial charge is 0.310 e. The van der Waals surface area contributed by atoms with Crippen LogP contribution < -0.4 is 5.73 Å². The third-order valence-corrected chi connectivity index (χ3v) is 2.93. The number of carbonyl (C=O) groups is 1. The zero-order chi connectivity index (χ0) is 9.57. The fourth-order valence-corrected chi connectivity index (χ4v) is 2.25. The Bertz CT molecular complexity index is 213. The van der Waals surface area contributed by atoms with Crippen molar-refractivity contribution in [1.82, 2.24) is 0 Å². The van der Waals surface area contributed by atoms with Crippen LogP contribution in [0.3, 0.4) is 0 Å². The second kappa shape index (κ2) is 2.46. The second-order valence-electron chi connectivity index (χ2n) is 4.87. The highest BCUT2D eigenvalue weighted by Gasteiger charge is 2.50. The first-order valence-corrected chi connectivity index (χ1v) is 4.27. The van der Waals surface area contributed by atoms with Gasteiger partial charge in [0.25, 0.3) is 0 Å². The van der Waals surface area contributed by atoms with Gasteiger partial charge in [-0.25, -0.2) is 0 Å². The van der Waals surface area contributed by atoms with E-state index in [1.165, 1.54) is 0 Å². The van der Waals surface area contributed by atoms with Crippen LogP contribution in [0.2, 0.25) is 0 Å². The maximum Gasteiger partial charge on any atom is 0.310 e. The van der Waals surface area contributed by atoms with E-state index < -0.39 is 11.4 Å². The lowest BCUT2D eigenvalue weighted by Crippen LogP contribution is -2.40. The van der Waals surface area contributed by atoms with Crippen LogP contribution >= 0.6 is 0 Å². The largest absolute Gasteiger partial charge is 0.481 e. The third-order valence-electron chi connectivity index (χ3n) is 2.93. The van der Waals surface area contributed by atoms with Crippen molar-refractivity contribution in [1.29, 1.82) is 0 Å². The lowest BCUT2D eigenvalue weighted by atomic mass is 9.82. The van der Waals surface area contributed by atoms with E-state index in [0.29, 0.717) is 6.42 Å². The van der Waals surface area contributed by atoms with Crippen molar-refractivity contribution in [3.05, 3.63) is 0 Å². The molecule has 70 valence electrons. The summed E-state index contributed by atoms with van der Waals surface area (Å²) in [6.45, 7) is 5.89. The molecular formula is C9H17NO2. The molecule has 0 spiro atoms. The number of aliphatic carboxylic acids is 1. The predicted molar refractivity (Wildman–Crippen MR) is 46.7 cm³/mol. The van der Waals surface area contributed by atoms with E-state index in [2.05, 4.69) is 13.8 Å². The van der Waals surface area contributed by atoms with Crippen molar-refractivity contribution in [2.45, 2.75) is 39.7 Å². The molecule has 1 saturated carbocycles. The molecule has 0 bridgehead atoms. The van der Waals surface area contributed by atoms with E-state index in [-0.39, 0.29) is 11.5 Å². The zero-order valence-corrected chi connectivity index (χ0v) is 7.92. The Kier molecular flexibility index (Phi) is 1.95. The Morgan fingerprint density at radius 1 is 1.50 bits per heavy atom. The Labute approximate surface area is 72.9 Å². The summed E-state index contributed by atoms with van der Waals surface area (Å²) in [7, 11) is 0. The molecule has 0 aromatic carbocycles. The maximum atomic E-state index is 10.9. The molecule has 0 aromatic rings. The average molecular weight is 171 g/mol. The Hall–Kier alpha value is -0.570. The standard InChI is InChI=1S/C9H17NO2/c1-8(2)4-6(10)9(3,5-8)7(11)12/h6H,4-5,10H2,1-3H3,(H,11,12). The fraction of sp³-hybridized carbons (Fsp3) is 0.889. The third kappa shape index (κ3) is 1.33. The topological polar surface area (TPSA) is 63.3 Å². The molecule has 1 rings (SSSR count). The van der Waals surface area contributed by atoms with E-state index in [0.717, 1.165) is 6.42 Å². The van der Waals surface area contributed by atoms with Gasteiger partial charge in [0, 0.05) is 6.04 Å². The van der Waals surface area contributed by atoms with Gasteiger partial charge in [0.2, 0.25) is 0 Å². The summed E-state index contributed by atoms with van der Waals surface area (Å²) in [6, 6.07) is -0.204. The van der Waals surface area contributed by atoms with E-state index in [1.807, 2.05) is 0 Å². The van der Waals surface area contributed by atoms with Crippen LogP contribution in [0.5, 0.6) is 0 Å². The summed E-state index contributed by atoms with van der Waals surface area (Å²) in [6.07, 6.45) is 1.48. The SMILES string of the molecule is CC1(C)CC(N)C(C)(C(=O)O)C1. The first-order chi connectivity index (χ1) is 5.28. The van der Waals surface area contributed by atoms with E-state index in [4.69, 9.17) is 10.8 Å². The van der Waals surface area contributed by atoms with Crippen LogP contribution in [0.4, 0.5) is 0 Å². The van der Waals surface area contributed by atoms with Gasteiger partial charge in [-0.3, -0.25) is 4.79 Å². The van der Waals surface area contributed by atoms with Crippen LogP contribution in [0.1, 0.15) is 33.6 Å². The van der Waals surface area contributed by atoms with Crippen molar-refractivity contribution >= 4 is 5.97 Å². The van der Waals surface area contributed by atoms with Crippen molar-refractivity contribution in [2.24, 2.45) is 16.6 Å². The zero-order valence-electron chi connectivity index (χ0n) is 7.92. The van der Waals surface area contributed by atoms with Crippen LogP contribution in [-0.4, -0.2) is 17.1 Å². The van der Waals surface area contributed by atoms with Gasteiger partial charge in [-0.05, 0) is 25.2 Å². The minimum atomic E-state index is -0.763. The molecule has 0 radical (unpaired) electrons. The first kappa shape index (κ1) is 9.52. The number of hydrogen-bond donors (Lipinski definition) is 2. The second-order valence-corrected chi connectivity index (χ2v) is 4.87. The van der Waals surface area contributed by atoms with Gasteiger partial charge in [0.15, 0.2) is 0 Å². The number of hydrogen-bond acceptors (Lipinski definition) is 2. The molecule has 3 heteroatoms. The van der Waals surface area contributed by atoms with Gasteiger partial charge >= 0.3 is 5.97 Å². The molecule has 2 atom stereocenters. The molecule has 1 aliphatic carbocycles. The summed E-state index contributed by atoms with van der Waals surface area (Å²) in [5, 5.41) is 9.00. The van der Waals surface area contributed by atoms with Gasteiger partial charge in [-0.2, -0.15) is 0 Å². The minimum Gasteiger partial charge on any atom is -0.481 e. The van der Waals surface area contributed by atoms with Gasteiger partial charge in [-0.15, -0.1) is 0 Å². The Morgan fingerprint density at radius 2 is 2.00 bits per heavy atom. The quantitative estimate of drug-likeness (QED) is 0.623. The molecule has 1 aliphatic rings. The predicted octanol–water partition coefficient (Wildman–Crippen LogP) is 1.22. The molecule has 0 heterocycles. The van der Waals surface area contributed by atoms with Crippen molar-refractivity contribution in [2.75, 3.05) is 0 Å². The summed E-state index contributed by atoms with van der Waals surface area (Å²) < 4.78 is 0. The van der Waals surface area contributed by atoms with Gasteiger partial charge in [0.1, 0.15) is 0 Å². The summed E-state index contributed by atoms with van der Waals surface area (Å²) in [4.78, 5) is 10.9. The van der Waals surface area contributed by atoms with Crippen LogP contribution in [0, 0.1) is 10.8 Å². The van der Waals surface area contributed by atoms with E-state index in [1.54, 1.807) is 6.92 Å². The summed E-state index contributed by atoms with van der Waals surface area (Å²) in [5.41, 5.74) is 5.17. The van der Waals surface area contributed by atoms with Gasteiger partial charge in [-0.1, -0.05) is 13.8 Å². The van der Waals surface area contributed by atoms with Crippen molar-refractivity contribution in [3.8, 4) is 0 Å². The van der Waals surface area contributed by atoms with Crippen molar-refractivity contribution in [3.63, 3.8) is 0 Å². The molecule has 0 aliphatic heterocycles. The van der Waals surface area contributed by atoms with Crippen LogP contribution in [-0.2, 0) is 4.79 Å². The van der Waals surface area contributed by atoms with Crippen LogP contribution in [0.15, 0.2) is 0 Å².